The second kappa shape index (κ2) is 6.15. The number of hydrogen-bond acceptors (Lipinski definition) is 3. The summed E-state index contributed by atoms with van der Waals surface area (Å²) in [6, 6.07) is 7.90. The Morgan fingerprint density at radius 2 is 2.15 bits per heavy atom. The first-order chi connectivity index (χ1) is 9.78. The van der Waals surface area contributed by atoms with Crippen molar-refractivity contribution in [2.24, 2.45) is 0 Å². The molecule has 0 bridgehead atoms. The van der Waals surface area contributed by atoms with Gasteiger partial charge in [-0.3, -0.25) is 0 Å². The molecule has 1 aromatic carbocycles. The maximum absolute atomic E-state index is 5.38. The summed E-state index contributed by atoms with van der Waals surface area (Å²) < 4.78 is 5.38. The van der Waals surface area contributed by atoms with Crippen LogP contribution in [0.4, 0.5) is 0 Å². The molecular weight excluding hydrogens is 248 g/mol. The molecule has 0 aromatic heterocycles. The van der Waals surface area contributed by atoms with E-state index in [1.54, 1.807) is 7.11 Å². The number of fused-ring (bicyclic) bond motifs is 1. The summed E-state index contributed by atoms with van der Waals surface area (Å²) in [5, 5.41) is 3.75. The minimum Gasteiger partial charge on any atom is -0.497 e. The Morgan fingerprint density at radius 1 is 1.30 bits per heavy atom. The first-order valence-corrected chi connectivity index (χ1v) is 7.88. The molecule has 0 amide bonds. The number of ether oxygens (including phenoxy) is 1. The van der Waals surface area contributed by atoms with E-state index >= 15 is 0 Å². The maximum atomic E-state index is 5.38. The van der Waals surface area contributed by atoms with Gasteiger partial charge in [0.15, 0.2) is 0 Å². The Kier molecular flexibility index (Phi) is 4.27. The van der Waals surface area contributed by atoms with Crippen LogP contribution in [0.5, 0.6) is 5.75 Å². The predicted octanol–water partition coefficient (Wildman–Crippen LogP) is 2.76. The molecule has 3 nitrogen and oxygen atoms in total. The number of nitrogens with one attached hydrogen (secondary N) is 1. The Bertz CT molecular complexity index is 456. The molecule has 0 heterocycles. The van der Waals surface area contributed by atoms with Crippen LogP contribution in [-0.4, -0.2) is 38.2 Å². The van der Waals surface area contributed by atoms with Crippen LogP contribution in [0.3, 0.4) is 0 Å². The molecule has 1 atom stereocenters. The lowest BCUT2D eigenvalue weighted by molar-refractivity contribution is 0.310. The Balaban J connectivity index is 1.60. The van der Waals surface area contributed by atoms with E-state index in [-0.39, 0.29) is 0 Å². The molecular formula is C17H26N2O. The molecule has 1 N–H and O–H groups in total. The molecule has 110 valence electrons. The molecule has 0 aliphatic heterocycles. The molecule has 20 heavy (non-hydrogen) atoms. The number of hydrogen-bond donors (Lipinski definition) is 1. The lowest BCUT2D eigenvalue weighted by Crippen LogP contribution is -2.34. The number of benzene rings is 1. The van der Waals surface area contributed by atoms with Gasteiger partial charge in [0.2, 0.25) is 0 Å². The zero-order valence-corrected chi connectivity index (χ0v) is 12.7. The van der Waals surface area contributed by atoms with E-state index in [1.807, 2.05) is 0 Å². The average molecular weight is 274 g/mol. The van der Waals surface area contributed by atoms with Crippen molar-refractivity contribution in [2.75, 3.05) is 27.2 Å². The van der Waals surface area contributed by atoms with Crippen molar-refractivity contribution in [1.29, 1.82) is 0 Å². The van der Waals surface area contributed by atoms with E-state index in [4.69, 9.17) is 4.74 Å². The van der Waals surface area contributed by atoms with Crippen LogP contribution in [0.2, 0.25) is 0 Å². The van der Waals surface area contributed by atoms with Gasteiger partial charge in [-0.25, -0.2) is 0 Å². The van der Waals surface area contributed by atoms with Crippen molar-refractivity contribution in [3.63, 3.8) is 0 Å². The lowest BCUT2D eigenvalue weighted by atomic mass is 9.87. The third kappa shape index (κ3) is 3.15. The first kappa shape index (κ1) is 13.9. The summed E-state index contributed by atoms with van der Waals surface area (Å²) in [5.41, 5.74) is 2.94. The molecule has 1 aromatic rings. The van der Waals surface area contributed by atoms with E-state index in [0.29, 0.717) is 6.04 Å². The van der Waals surface area contributed by atoms with Crippen LogP contribution in [0.25, 0.3) is 0 Å². The van der Waals surface area contributed by atoms with Crippen LogP contribution in [0.1, 0.15) is 42.9 Å². The van der Waals surface area contributed by atoms with Gasteiger partial charge in [-0.1, -0.05) is 6.07 Å². The molecule has 0 radical (unpaired) electrons. The lowest BCUT2D eigenvalue weighted by Gasteiger charge is -2.28. The zero-order chi connectivity index (χ0) is 13.9. The largest absolute Gasteiger partial charge is 0.497 e. The fraction of sp³-hybridized carbons (Fsp3) is 0.647. The number of nitrogens with zero attached hydrogens (tertiary/aromatic N) is 1. The van der Waals surface area contributed by atoms with E-state index < -0.39 is 0 Å². The Labute approximate surface area is 122 Å². The van der Waals surface area contributed by atoms with Crippen molar-refractivity contribution in [1.82, 2.24) is 10.2 Å². The highest BCUT2D eigenvalue weighted by molar-refractivity contribution is 5.39. The van der Waals surface area contributed by atoms with Gasteiger partial charge in [0, 0.05) is 25.2 Å². The van der Waals surface area contributed by atoms with Gasteiger partial charge in [-0.2, -0.15) is 0 Å². The van der Waals surface area contributed by atoms with Gasteiger partial charge in [0.1, 0.15) is 5.75 Å². The third-order valence-corrected chi connectivity index (χ3v) is 4.69. The highest BCUT2D eigenvalue weighted by Crippen LogP contribution is 2.32. The van der Waals surface area contributed by atoms with Crippen LogP contribution >= 0.6 is 0 Å². The monoisotopic (exact) mass is 274 g/mol. The van der Waals surface area contributed by atoms with Crippen molar-refractivity contribution in [2.45, 2.75) is 44.2 Å². The summed E-state index contributed by atoms with van der Waals surface area (Å²) in [6.45, 7) is 2.23. The predicted molar refractivity (Wildman–Crippen MR) is 82.3 cm³/mol. The molecule has 1 unspecified atom stereocenters. The normalized spacial score (nSPS) is 21.9. The van der Waals surface area contributed by atoms with Gasteiger partial charge >= 0.3 is 0 Å². The SMILES string of the molecule is COc1ccc2c(c1)C(NCCN(C)C1CC1)CCC2. The maximum Gasteiger partial charge on any atom is 0.119 e. The molecule has 2 aliphatic carbocycles. The van der Waals surface area contributed by atoms with E-state index in [0.717, 1.165) is 24.9 Å². The minimum absolute atomic E-state index is 0.501. The summed E-state index contributed by atoms with van der Waals surface area (Å²) in [6.07, 6.45) is 6.52. The van der Waals surface area contributed by atoms with Crippen molar-refractivity contribution >= 4 is 0 Å². The summed E-state index contributed by atoms with van der Waals surface area (Å²) >= 11 is 0. The summed E-state index contributed by atoms with van der Waals surface area (Å²) in [5.74, 6) is 0.979. The second-order valence-electron chi connectivity index (χ2n) is 6.18. The molecule has 3 rings (SSSR count). The number of methoxy groups -OCH3 is 1. The number of aryl methyl sites for hydroxylation is 1. The molecule has 1 fully saturated rings. The van der Waals surface area contributed by atoms with Crippen molar-refractivity contribution < 1.29 is 4.74 Å². The van der Waals surface area contributed by atoms with E-state index in [2.05, 4.69) is 35.5 Å². The fourth-order valence-electron chi connectivity index (χ4n) is 3.23. The summed E-state index contributed by atoms with van der Waals surface area (Å²) in [4.78, 5) is 2.49. The average Bonchev–Trinajstić information content (AvgIpc) is 3.31. The highest BCUT2D eigenvalue weighted by atomic mass is 16.5. The van der Waals surface area contributed by atoms with Gasteiger partial charge in [-0.05, 0) is 62.4 Å². The molecule has 3 heteroatoms. The van der Waals surface area contributed by atoms with Gasteiger partial charge in [-0.15, -0.1) is 0 Å². The zero-order valence-electron chi connectivity index (χ0n) is 12.7. The van der Waals surface area contributed by atoms with Gasteiger partial charge in [0.05, 0.1) is 7.11 Å². The third-order valence-electron chi connectivity index (χ3n) is 4.69. The Hall–Kier alpha value is -1.06. The van der Waals surface area contributed by atoms with Gasteiger partial charge in [0.25, 0.3) is 0 Å². The van der Waals surface area contributed by atoms with Crippen LogP contribution in [0.15, 0.2) is 18.2 Å². The molecule has 0 spiro atoms. The van der Waals surface area contributed by atoms with Crippen LogP contribution in [0, 0.1) is 0 Å². The van der Waals surface area contributed by atoms with Gasteiger partial charge < -0.3 is 15.0 Å². The second-order valence-corrected chi connectivity index (χ2v) is 6.18. The standard InChI is InChI=1S/C17H26N2O/c1-19(14-7-8-14)11-10-18-17-5-3-4-13-6-9-15(20-2)12-16(13)17/h6,9,12,14,17-18H,3-5,7-8,10-11H2,1-2H3. The van der Waals surface area contributed by atoms with Crippen LogP contribution < -0.4 is 10.1 Å². The minimum atomic E-state index is 0.501. The number of likely N-dealkylation sites (N-methyl/N-ethyl adjacent to an activating group) is 1. The first-order valence-electron chi connectivity index (χ1n) is 7.88. The molecule has 2 aliphatic rings. The highest BCUT2D eigenvalue weighted by Gasteiger charge is 2.26. The molecule has 1 saturated carbocycles. The topological polar surface area (TPSA) is 24.5 Å². The van der Waals surface area contributed by atoms with Crippen molar-refractivity contribution in [3.05, 3.63) is 29.3 Å². The Morgan fingerprint density at radius 3 is 2.90 bits per heavy atom. The quantitative estimate of drug-likeness (QED) is 0.863. The smallest absolute Gasteiger partial charge is 0.119 e. The van der Waals surface area contributed by atoms with E-state index in [9.17, 15) is 0 Å². The molecule has 0 saturated heterocycles. The van der Waals surface area contributed by atoms with Crippen LogP contribution in [-0.2, 0) is 6.42 Å². The summed E-state index contributed by atoms with van der Waals surface area (Å²) in [7, 11) is 3.99. The van der Waals surface area contributed by atoms with Crippen molar-refractivity contribution in [3.8, 4) is 5.75 Å². The number of rotatable bonds is 6. The fourth-order valence-corrected chi connectivity index (χ4v) is 3.23. The van der Waals surface area contributed by atoms with E-state index in [1.165, 1.54) is 43.2 Å².